The van der Waals surface area contributed by atoms with Crippen molar-refractivity contribution in [3.63, 3.8) is 0 Å². The number of H-pyrrole nitrogens is 1. The van der Waals surface area contributed by atoms with Crippen molar-refractivity contribution in [1.29, 1.82) is 0 Å². The number of fused-ring (bicyclic) bond motifs is 1. The first-order chi connectivity index (χ1) is 9.18. The van der Waals surface area contributed by atoms with Crippen LogP contribution in [0.3, 0.4) is 0 Å². The Morgan fingerprint density at radius 3 is 2.40 bits per heavy atom. The summed E-state index contributed by atoms with van der Waals surface area (Å²) in [6.45, 7) is 0. The topological polar surface area (TPSA) is 154 Å². The van der Waals surface area contributed by atoms with Crippen molar-refractivity contribution in [1.82, 2.24) is 4.98 Å². The summed E-state index contributed by atoms with van der Waals surface area (Å²) in [5.74, 6) is -0.972. The van der Waals surface area contributed by atoms with E-state index in [0.29, 0.717) is 6.42 Å². The molecule has 0 aliphatic rings. The number of nitrogens with two attached hydrogens (primary N) is 1. The summed E-state index contributed by atoms with van der Waals surface area (Å²) in [6.07, 6.45) is 2.16. The predicted molar refractivity (Wildman–Crippen MR) is 71.8 cm³/mol. The molecule has 9 heteroatoms. The van der Waals surface area contributed by atoms with Crippen LogP contribution in [0.4, 0.5) is 0 Å². The molecule has 0 saturated heterocycles. The van der Waals surface area contributed by atoms with Crippen molar-refractivity contribution in [3.05, 3.63) is 36.0 Å². The number of para-hydroxylation sites is 1. The van der Waals surface area contributed by atoms with Crippen LogP contribution in [0.5, 0.6) is 0 Å². The van der Waals surface area contributed by atoms with Crippen LogP contribution in [0, 0.1) is 0 Å². The molecule has 110 valence electrons. The van der Waals surface area contributed by atoms with Crippen molar-refractivity contribution in [2.75, 3.05) is 0 Å². The van der Waals surface area contributed by atoms with E-state index in [2.05, 4.69) is 4.98 Å². The molecule has 0 unspecified atom stereocenters. The third-order valence-electron chi connectivity index (χ3n) is 2.43. The van der Waals surface area contributed by atoms with E-state index in [9.17, 15) is 4.79 Å². The van der Waals surface area contributed by atoms with Crippen LogP contribution in [0.2, 0.25) is 0 Å². The quantitative estimate of drug-likeness (QED) is 0.516. The molecule has 0 aliphatic carbocycles. The van der Waals surface area contributed by atoms with Gasteiger partial charge in [-0.25, -0.2) is 0 Å². The number of aromatic nitrogens is 1. The maximum absolute atomic E-state index is 10.6. The highest BCUT2D eigenvalue weighted by atomic mass is 32.3. The number of benzene rings is 1. The van der Waals surface area contributed by atoms with E-state index in [4.69, 9.17) is 28.4 Å². The lowest BCUT2D eigenvalue weighted by Gasteiger charge is -2.04. The van der Waals surface area contributed by atoms with E-state index in [1.807, 2.05) is 30.5 Å². The van der Waals surface area contributed by atoms with Gasteiger partial charge in [-0.3, -0.25) is 13.9 Å². The van der Waals surface area contributed by atoms with Crippen LogP contribution in [-0.2, 0) is 21.6 Å². The Balaban J connectivity index is 0.000000347. The largest absolute Gasteiger partial charge is 0.480 e. The lowest BCUT2D eigenvalue weighted by Crippen LogP contribution is -2.32. The van der Waals surface area contributed by atoms with Crippen molar-refractivity contribution < 1.29 is 27.4 Å². The van der Waals surface area contributed by atoms with Crippen LogP contribution < -0.4 is 5.73 Å². The highest BCUT2D eigenvalue weighted by Crippen LogP contribution is 2.18. The number of aromatic amines is 1. The molecule has 1 heterocycles. The number of hydrogen-bond acceptors (Lipinski definition) is 4. The van der Waals surface area contributed by atoms with Crippen LogP contribution >= 0.6 is 0 Å². The van der Waals surface area contributed by atoms with E-state index in [-0.39, 0.29) is 0 Å². The van der Waals surface area contributed by atoms with E-state index in [1.165, 1.54) is 0 Å². The van der Waals surface area contributed by atoms with Gasteiger partial charge in [-0.1, -0.05) is 18.2 Å². The average molecular weight is 302 g/mol. The second-order valence-electron chi connectivity index (χ2n) is 3.96. The van der Waals surface area contributed by atoms with Gasteiger partial charge in [0.15, 0.2) is 0 Å². The SMILES string of the molecule is N[C@@H](Cc1c[nH]c2ccccc12)C(=O)O.O=S(=O)(O)O. The number of nitrogens with one attached hydrogen (secondary N) is 1. The number of rotatable bonds is 3. The van der Waals surface area contributed by atoms with E-state index < -0.39 is 22.4 Å². The predicted octanol–water partition coefficient (Wildman–Crippen LogP) is 0.470. The highest BCUT2D eigenvalue weighted by Gasteiger charge is 2.14. The maximum Gasteiger partial charge on any atom is 0.394 e. The molecule has 2 aromatic rings. The number of carbonyl (C=O) groups is 1. The summed E-state index contributed by atoms with van der Waals surface area (Å²) in [7, 11) is -4.67. The van der Waals surface area contributed by atoms with Gasteiger partial charge in [-0.05, 0) is 11.6 Å². The zero-order valence-corrected chi connectivity index (χ0v) is 11.0. The third-order valence-corrected chi connectivity index (χ3v) is 2.43. The molecule has 0 amide bonds. The summed E-state index contributed by atoms with van der Waals surface area (Å²) >= 11 is 0. The van der Waals surface area contributed by atoms with Gasteiger partial charge in [0.25, 0.3) is 0 Å². The summed E-state index contributed by atoms with van der Waals surface area (Å²) in [5, 5.41) is 9.75. The summed E-state index contributed by atoms with van der Waals surface area (Å²) in [5.41, 5.74) is 7.43. The smallest absolute Gasteiger partial charge is 0.394 e. The zero-order valence-electron chi connectivity index (χ0n) is 10.2. The van der Waals surface area contributed by atoms with Gasteiger partial charge < -0.3 is 15.8 Å². The Hall–Kier alpha value is -1.94. The van der Waals surface area contributed by atoms with Crippen molar-refractivity contribution in [3.8, 4) is 0 Å². The maximum atomic E-state index is 10.6. The van der Waals surface area contributed by atoms with Crippen molar-refractivity contribution in [2.24, 2.45) is 5.73 Å². The Kier molecular flexibility index (Phi) is 5.22. The molecule has 0 saturated carbocycles. The van der Waals surface area contributed by atoms with Crippen LogP contribution in [0.25, 0.3) is 10.9 Å². The number of hydrogen-bond donors (Lipinski definition) is 5. The van der Waals surface area contributed by atoms with Gasteiger partial charge in [-0.15, -0.1) is 0 Å². The minimum absolute atomic E-state index is 0.347. The average Bonchev–Trinajstić information content (AvgIpc) is 2.70. The van der Waals surface area contributed by atoms with Crippen LogP contribution in [0.15, 0.2) is 30.5 Å². The summed E-state index contributed by atoms with van der Waals surface area (Å²) in [6, 6.07) is 6.91. The molecule has 1 atom stereocenters. The Morgan fingerprint density at radius 2 is 1.85 bits per heavy atom. The Labute approximate surface area is 114 Å². The van der Waals surface area contributed by atoms with E-state index >= 15 is 0 Å². The molecule has 1 aromatic heterocycles. The molecule has 20 heavy (non-hydrogen) atoms. The highest BCUT2D eigenvalue weighted by molar-refractivity contribution is 7.79. The Morgan fingerprint density at radius 1 is 1.30 bits per heavy atom. The number of carboxylic acids is 1. The molecular weight excluding hydrogens is 288 g/mol. The number of carboxylic acid groups (broad SMARTS) is 1. The lowest BCUT2D eigenvalue weighted by molar-refractivity contribution is -0.138. The number of aliphatic carboxylic acids is 1. The third kappa shape index (κ3) is 5.36. The van der Waals surface area contributed by atoms with Gasteiger partial charge in [0.2, 0.25) is 0 Å². The Bertz CT molecular complexity index is 686. The standard InChI is InChI=1S/C11H12N2O2.H2O4S/c12-9(11(14)15)5-7-6-13-10-4-2-1-3-8(7)10;1-5(2,3)4/h1-4,6,9,13H,5,12H2,(H,14,15);(H2,1,2,3,4)/t9-;/m0./s1. The summed E-state index contributed by atoms with van der Waals surface area (Å²) in [4.78, 5) is 13.7. The zero-order chi connectivity index (χ0) is 15.3. The normalized spacial score (nSPS) is 12.6. The second-order valence-corrected chi connectivity index (χ2v) is 4.85. The first kappa shape index (κ1) is 16.1. The van der Waals surface area contributed by atoms with Crippen molar-refractivity contribution in [2.45, 2.75) is 12.5 Å². The molecular formula is C11H14N2O6S. The molecule has 1 aromatic carbocycles. The molecule has 0 fully saturated rings. The lowest BCUT2D eigenvalue weighted by atomic mass is 10.1. The molecule has 2 rings (SSSR count). The van der Waals surface area contributed by atoms with E-state index in [0.717, 1.165) is 16.5 Å². The van der Waals surface area contributed by atoms with Gasteiger partial charge in [-0.2, -0.15) is 8.42 Å². The molecule has 8 nitrogen and oxygen atoms in total. The van der Waals surface area contributed by atoms with Gasteiger partial charge >= 0.3 is 16.4 Å². The molecule has 0 radical (unpaired) electrons. The van der Waals surface area contributed by atoms with Crippen LogP contribution in [-0.4, -0.2) is 39.6 Å². The molecule has 0 spiro atoms. The molecule has 6 N–H and O–H groups in total. The fourth-order valence-electron chi connectivity index (χ4n) is 1.62. The van der Waals surface area contributed by atoms with Crippen LogP contribution in [0.1, 0.15) is 5.56 Å². The van der Waals surface area contributed by atoms with Crippen molar-refractivity contribution >= 4 is 27.3 Å². The minimum Gasteiger partial charge on any atom is -0.480 e. The van der Waals surface area contributed by atoms with E-state index in [1.54, 1.807) is 0 Å². The molecule has 0 bridgehead atoms. The fraction of sp³-hybridized carbons (Fsp3) is 0.182. The fourth-order valence-corrected chi connectivity index (χ4v) is 1.62. The first-order valence-electron chi connectivity index (χ1n) is 5.41. The van der Waals surface area contributed by atoms with Gasteiger partial charge in [0, 0.05) is 23.5 Å². The monoisotopic (exact) mass is 302 g/mol. The van der Waals surface area contributed by atoms with Gasteiger partial charge in [0.1, 0.15) is 6.04 Å². The minimum atomic E-state index is -4.67. The van der Waals surface area contributed by atoms with Gasteiger partial charge in [0.05, 0.1) is 0 Å². The molecule has 0 aliphatic heterocycles. The second kappa shape index (κ2) is 6.48. The first-order valence-corrected chi connectivity index (χ1v) is 6.81. The summed E-state index contributed by atoms with van der Waals surface area (Å²) < 4.78 is 31.6.